The van der Waals surface area contributed by atoms with E-state index < -0.39 is 18.6 Å². The molecule has 4 rings (SSSR count). The number of aromatic carboxylic acids is 1. The Labute approximate surface area is 196 Å². The predicted molar refractivity (Wildman–Crippen MR) is 123 cm³/mol. The third kappa shape index (κ3) is 6.41. The van der Waals surface area contributed by atoms with E-state index in [9.17, 15) is 23.1 Å². The number of anilines is 2. The first-order chi connectivity index (χ1) is 15.5. The third-order valence-electron chi connectivity index (χ3n) is 5.73. The van der Waals surface area contributed by atoms with Gasteiger partial charge in [0.1, 0.15) is 0 Å². The Morgan fingerprint density at radius 3 is 2.52 bits per heavy atom. The van der Waals surface area contributed by atoms with Gasteiger partial charge in [-0.3, -0.25) is 0 Å². The zero-order chi connectivity index (χ0) is 24.3. The second kappa shape index (κ2) is 10.3. The number of imidazole rings is 1. The van der Waals surface area contributed by atoms with Crippen LogP contribution in [-0.2, 0) is 13.0 Å². The number of benzene rings is 1. The number of carboxylic acids is 1. The van der Waals surface area contributed by atoms with E-state index in [4.69, 9.17) is 11.6 Å². The molecule has 2 N–H and O–H groups in total. The number of hydrogen-bond donors (Lipinski definition) is 2. The van der Waals surface area contributed by atoms with E-state index in [1.165, 1.54) is 12.8 Å². The van der Waals surface area contributed by atoms with Gasteiger partial charge in [0.2, 0.25) is 5.95 Å². The standard InChI is InChI=1S/C16H18ClN3O2.C7H12F3N/c1-4-12-14(15(21)22)20-6-5-19(16(20)18-12)13-10(3)7-9(2)8-11(13)17;8-7(9,10)3-4-11-5-6-1-2-6/h7-8H,4-6H2,1-3H3,(H,21,22);6,11H,1-5H2. The van der Waals surface area contributed by atoms with Crippen LogP contribution in [0.4, 0.5) is 24.8 Å². The summed E-state index contributed by atoms with van der Waals surface area (Å²) < 4.78 is 36.4. The van der Waals surface area contributed by atoms with E-state index in [1.807, 2.05) is 31.7 Å². The highest BCUT2D eigenvalue weighted by molar-refractivity contribution is 6.33. The quantitative estimate of drug-likeness (QED) is 0.505. The van der Waals surface area contributed by atoms with E-state index in [0.29, 0.717) is 47.8 Å². The summed E-state index contributed by atoms with van der Waals surface area (Å²) in [6.07, 6.45) is -1.76. The lowest BCUT2D eigenvalue weighted by molar-refractivity contribution is -0.133. The maximum absolute atomic E-state index is 11.6. The number of aromatic nitrogens is 2. The zero-order valence-corrected chi connectivity index (χ0v) is 19.9. The lowest BCUT2D eigenvalue weighted by Crippen LogP contribution is -2.23. The molecule has 1 fully saturated rings. The Balaban J connectivity index is 0.000000235. The van der Waals surface area contributed by atoms with Crippen molar-refractivity contribution >= 4 is 29.2 Å². The second-order valence-corrected chi connectivity index (χ2v) is 9.00. The van der Waals surface area contributed by atoms with Crippen molar-refractivity contribution in [3.63, 3.8) is 0 Å². The normalized spacial score (nSPS) is 15.3. The third-order valence-corrected chi connectivity index (χ3v) is 6.02. The molecule has 2 aliphatic rings. The van der Waals surface area contributed by atoms with Crippen LogP contribution < -0.4 is 10.2 Å². The van der Waals surface area contributed by atoms with Crippen LogP contribution in [0.3, 0.4) is 0 Å². The summed E-state index contributed by atoms with van der Waals surface area (Å²) in [5, 5.41) is 12.9. The molecule has 0 bridgehead atoms. The lowest BCUT2D eigenvalue weighted by atomic mass is 10.1. The van der Waals surface area contributed by atoms with Crippen molar-refractivity contribution in [1.82, 2.24) is 14.9 Å². The highest BCUT2D eigenvalue weighted by Gasteiger charge is 2.32. The molecule has 1 aromatic carbocycles. The van der Waals surface area contributed by atoms with E-state index in [0.717, 1.165) is 23.4 Å². The van der Waals surface area contributed by atoms with Crippen molar-refractivity contribution in [2.45, 2.75) is 59.2 Å². The van der Waals surface area contributed by atoms with Crippen LogP contribution in [0.2, 0.25) is 5.02 Å². The summed E-state index contributed by atoms with van der Waals surface area (Å²) in [5.74, 6) is 0.399. The first kappa shape index (κ1) is 25.4. The molecule has 182 valence electrons. The molecule has 6 nitrogen and oxygen atoms in total. The van der Waals surface area contributed by atoms with Crippen LogP contribution in [0.5, 0.6) is 0 Å². The predicted octanol–water partition coefficient (Wildman–Crippen LogP) is 5.50. The Hall–Kier alpha value is -2.26. The Morgan fingerprint density at radius 2 is 1.97 bits per heavy atom. The lowest BCUT2D eigenvalue weighted by Gasteiger charge is -2.20. The molecule has 1 aromatic heterocycles. The van der Waals surface area contributed by atoms with Crippen LogP contribution in [0.1, 0.15) is 53.5 Å². The number of alkyl halides is 3. The number of carboxylic acid groups (broad SMARTS) is 1. The van der Waals surface area contributed by atoms with Crippen molar-refractivity contribution in [3.05, 3.63) is 39.7 Å². The monoisotopic (exact) mass is 486 g/mol. The molecular weight excluding hydrogens is 457 g/mol. The molecule has 33 heavy (non-hydrogen) atoms. The van der Waals surface area contributed by atoms with Gasteiger partial charge in [0, 0.05) is 19.6 Å². The van der Waals surface area contributed by atoms with Gasteiger partial charge in [-0.05, 0) is 62.8 Å². The van der Waals surface area contributed by atoms with Crippen molar-refractivity contribution < 1.29 is 23.1 Å². The van der Waals surface area contributed by atoms with Crippen molar-refractivity contribution in [3.8, 4) is 0 Å². The number of halogens is 4. The maximum atomic E-state index is 11.6. The summed E-state index contributed by atoms with van der Waals surface area (Å²) in [4.78, 5) is 18.1. The number of nitrogens with zero attached hydrogens (tertiary/aromatic N) is 3. The molecule has 0 saturated heterocycles. The molecular formula is C23H30ClF3N4O2. The van der Waals surface area contributed by atoms with Gasteiger partial charge in [0.15, 0.2) is 5.69 Å². The first-order valence-electron chi connectivity index (χ1n) is 11.2. The van der Waals surface area contributed by atoms with E-state index in [-0.39, 0.29) is 6.54 Å². The number of nitrogens with one attached hydrogen (secondary N) is 1. The topological polar surface area (TPSA) is 70.4 Å². The molecule has 0 unspecified atom stereocenters. The van der Waals surface area contributed by atoms with Crippen LogP contribution >= 0.6 is 11.6 Å². The maximum Gasteiger partial charge on any atom is 0.390 e. The number of aryl methyl sites for hydroxylation is 3. The fourth-order valence-electron chi connectivity index (χ4n) is 4.01. The summed E-state index contributed by atoms with van der Waals surface area (Å²) in [6, 6.07) is 4.00. The van der Waals surface area contributed by atoms with Crippen molar-refractivity contribution in [1.29, 1.82) is 0 Å². The molecule has 0 spiro atoms. The molecule has 2 heterocycles. The van der Waals surface area contributed by atoms with E-state index in [2.05, 4.69) is 16.4 Å². The smallest absolute Gasteiger partial charge is 0.390 e. The average molecular weight is 487 g/mol. The summed E-state index contributed by atoms with van der Waals surface area (Å²) in [6.45, 7) is 8.04. The second-order valence-electron chi connectivity index (χ2n) is 8.59. The number of carbonyl (C=O) groups is 1. The van der Waals surface area contributed by atoms with Gasteiger partial charge in [-0.25, -0.2) is 9.78 Å². The van der Waals surface area contributed by atoms with E-state index >= 15 is 0 Å². The summed E-state index contributed by atoms with van der Waals surface area (Å²) >= 11 is 6.43. The van der Waals surface area contributed by atoms with Gasteiger partial charge in [-0.15, -0.1) is 0 Å². The van der Waals surface area contributed by atoms with Gasteiger partial charge in [-0.1, -0.05) is 24.6 Å². The van der Waals surface area contributed by atoms with Crippen molar-refractivity contribution in [2.24, 2.45) is 5.92 Å². The minimum absolute atomic E-state index is 0.0694. The number of fused-ring (bicyclic) bond motifs is 1. The SMILES string of the molecule is CCc1nc2n(c1C(=O)O)CCN2c1c(C)cc(C)cc1Cl.FC(F)(F)CCNCC1CC1. The fourth-order valence-corrected chi connectivity index (χ4v) is 4.44. The Bertz CT molecular complexity index is 979. The molecule has 10 heteroatoms. The average Bonchev–Trinajstić information content (AvgIpc) is 3.33. The molecule has 2 aromatic rings. The molecule has 1 aliphatic carbocycles. The zero-order valence-electron chi connectivity index (χ0n) is 19.1. The molecule has 0 atom stereocenters. The van der Waals surface area contributed by atoms with Gasteiger partial charge in [0.05, 0.1) is 22.8 Å². The van der Waals surface area contributed by atoms with Crippen LogP contribution in [0, 0.1) is 19.8 Å². The number of rotatable bonds is 7. The number of hydrogen-bond acceptors (Lipinski definition) is 4. The largest absolute Gasteiger partial charge is 0.477 e. The molecule has 0 radical (unpaired) electrons. The minimum Gasteiger partial charge on any atom is -0.477 e. The van der Waals surface area contributed by atoms with Gasteiger partial charge in [0.25, 0.3) is 0 Å². The van der Waals surface area contributed by atoms with Crippen molar-refractivity contribution in [2.75, 3.05) is 24.5 Å². The van der Waals surface area contributed by atoms with Crippen LogP contribution in [0.15, 0.2) is 12.1 Å². The summed E-state index contributed by atoms with van der Waals surface area (Å²) in [7, 11) is 0. The van der Waals surface area contributed by atoms with Gasteiger partial charge in [-0.2, -0.15) is 13.2 Å². The minimum atomic E-state index is -4.00. The van der Waals surface area contributed by atoms with Gasteiger partial charge < -0.3 is 19.9 Å². The summed E-state index contributed by atoms with van der Waals surface area (Å²) in [5.41, 5.74) is 4.00. The Morgan fingerprint density at radius 1 is 1.27 bits per heavy atom. The highest BCUT2D eigenvalue weighted by atomic mass is 35.5. The first-order valence-corrected chi connectivity index (χ1v) is 11.5. The highest BCUT2D eigenvalue weighted by Crippen LogP contribution is 2.39. The van der Waals surface area contributed by atoms with Crippen LogP contribution in [0.25, 0.3) is 0 Å². The van der Waals surface area contributed by atoms with E-state index in [1.54, 1.807) is 4.57 Å². The van der Waals surface area contributed by atoms with Crippen LogP contribution in [-0.4, -0.2) is 46.4 Å². The molecule has 1 aliphatic heterocycles. The molecule has 1 saturated carbocycles. The molecule has 0 amide bonds. The fraction of sp³-hybridized carbons (Fsp3) is 0.565. The Kier molecular flexibility index (Phi) is 7.95. The van der Waals surface area contributed by atoms with Gasteiger partial charge >= 0.3 is 12.1 Å².